The Morgan fingerprint density at radius 2 is 1.74 bits per heavy atom. The van der Waals surface area contributed by atoms with E-state index in [1.54, 1.807) is 11.1 Å². The number of ether oxygens (including phenoxy) is 1. The highest BCUT2D eigenvalue weighted by Gasteiger charge is 2.15. The average molecular weight is 467 g/mol. The molecule has 0 saturated carbocycles. The lowest BCUT2D eigenvalue weighted by Crippen LogP contribution is -2.21. The SMILES string of the molecule is Cc1nonc1CN(C)c1nc(NN=Cc2cccc3ccccc23)nc(Oc2ccccc2)n1. The fourth-order valence-corrected chi connectivity index (χ4v) is 3.42. The number of para-hydroxylation sites is 1. The molecule has 3 aromatic carbocycles. The van der Waals surface area contributed by atoms with Gasteiger partial charge in [-0.25, -0.2) is 10.1 Å². The van der Waals surface area contributed by atoms with Crippen LogP contribution in [0.2, 0.25) is 0 Å². The monoisotopic (exact) mass is 466 g/mol. The highest BCUT2D eigenvalue weighted by molar-refractivity contribution is 5.99. The second-order valence-electron chi connectivity index (χ2n) is 7.75. The summed E-state index contributed by atoms with van der Waals surface area (Å²) in [5.41, 5.74) is 5.25. The summed E-state index contributed by atoms with van der Waals surface area (Å²) >= 11 is 0. The van der Waals surface area contributed by atoms with Crippen molar-refractivity contribution in [3.8, 4) is 11.8 Å². The summed E-state index contributed by atoms with van der Waals surface area (Å²) < 4.78 is 10.7. The van der Waals surface area contributed by atoms with Crippen LogP contribution >= 0.6 is 0 Å². The second kappa shape index (κ2) is 9.96. The Kier molecular flexibility index (Phi) is 6.25. The lowest BCUT2D eigenvalue weighted by molar-refractivity contribution is 0.301. The number of rotatable bonds is 8. The number of nitrogens with zero attached hydrogens (tertiary/aromatic N) is 7. The first-order chi connectivity index (χ1) is 17.2. The Hall–Kier alpha value is -4.86. The minimum atomic E-state index is 0.130. The van der Waals surface area contributed by atoms with Crippen LogP contribution in [0, 0.1) is 6.92 Å². The number of aryl methyl sites for hydroxylation is 1. The number of fused-ring (bicyclic) bond motifs is 1. The van der Waals surface area contributed by atoms with Gasteiger partial charge in [0.05, 0.1) is 12.8 Å². The Morgan fingerprint density at radius 3 is 2.57 bits per heavy atom. The first-order valence-corrected chi connectivity index (χ1v) is 10.9. The maximum atomic E-state index is 5.86. The van der Waals surface area contributed by atoms with E-state index in [1.165, 1.54) is 0 Å². The molecule has 10 heteroatoms. The van der Waals surface area contributed by atoms with E-state index in [0.29, 0.717) is 29.6 Å². The van der Waals surface area contributed by atoms with Crippen LogP contribution < -0.4 is 15.1 Å². The number of benzene rings is 3. The highest BCUT2D eigenvalue weighted by Crippen LogP contribution is 2.22. The van der Waals surface area contributed by atoms with Crippen molar-refractivity contribution >= 4 is 28.9 Å². The van der Waals surface area contributed by atoms with E-state index in [-0.39, 0.29) is 12.0 Å². The molecule has 0 atom stereocenters. The Morgan fingerprint density at radius 1 is 0.943 bits per heavy atom. The number of nitrogens with one attached hydrogen (secondary N) is 1. The minimum absolute atomic E-state index is 0.130. The number of anilines is 2. The van der Waals surface area contributed by atoms with Crippen LogP contribution in [0.15, 0.2) is 82.5 Å². The first-order valence-electron chi connectivity index (χ1n) is 10.9. The zero-order chi connectivity index (χ0) is 24.0. The summed E-state index contributed by atoms with van der Waals surface area (Å²) in [6, 6.07) is 23.6. The van der Waals surface area contributed by atoms with E-state index in [1.807, 2.05) is 68.6 Å². The van der Waals surface area contributed by atoms with Crippen LogP contribution in [0.3, 0.4) is 0 Å². The molecule has 10 nitrogen and oxygen atoms in total. The predicted octanol–water partition coefficient (Wildman–Crippen LogP) is 4.59. The molecule has 2 heterocycles. The second-order valence-corrected chi connectivity index (χ2v) is 7.75. The normalized spacial score (nSPS) is 11.1. The van der Waals surface area contributed by atoms with Crippen LogP contribution in [-0.4, -0.2) is 38.5 Å². The summed E-state index contributed by atoms with van der Waals surface area (Å²) in [6.07, 6.45) is 1.73. The number of hydrogen-bond acceptors (Lipinski definition) is 10. The van der Waals surface area contributed by atoms with Crippen LogP contribution in [0.4, 0.5) is 11.9 Å². The fourth-order valence-electron chi connectivity index (χ4n) is 3.42. The summed E-state index contributed by atoms with van der Waals surface area (Å²) in [5, 5.41) is 14.4. The van der Waals surface area contributed by atoms with E-state index in [0.717, 1.165) is 16.3 Å². The fraction of sp³-hybridized carbons (Fsp3) is 0.120. The molecule has 0 spiro atoms. The van der Waals surface area contributed by atoms with Crippen molar-refractivity contribution in [1.29, 1.82) is 0 Å². The van der Waals surface area contributed by atoms with Crippen molar-refractivity contribution < 1.29 is 9.37 Å². The molecule has 2 aromatic heterocycles. The van der Waals surface area contributed by atoms with Crippen molar-refractivity contribution in [3.05, 3.63) is 89.7 Å². The molecular formula is C25H22N8O2. The third-order valence-corrected chi connectivity index (χ3v) is 5.22. The molecule has 0 bridgehead atoms. The highest BCUT2D eigenvalue weighted by atomic mass is 16.6. The molecule has 0 unspecified atom stereocenters. The third-order valence-electron chi connectivity index (χ3n) is 5.22. The van der Waals surface area contributed by atoms with E-state index in [4.69, 9.17) is 9.37 Å². The van der Waals surface area contributed by atoms with Crippen LogP contribution in [0.5, 0.6) is 11.8 Å². The largest absolute Gasteiger partial charge is 0.424 e. The van der Waals surface area contributed by atoms with E-state index in [2.05, 4.69) is 54.0 Å². The van der Waals surface area contributed by atoms with Gasteiger partial charge < -0.3 is 9.64 Å². The van der Waals surface area contributed by atoms with E-state index < -0.39 is 0 Å². The van der Waals surface area contributed by atoms with Crippen molar-refractivity contribution in [3.63, 3.8) is 0 Å². The van der Waals surface area contributed by atoms with Crippen LogP contribution in [0.1, 0.15) is 17.0 Å². The zero-order valence-corrected chi connectivity index (χ0v) is 19.2. The number of hydrogen-bond donors (Lipinski definition) is 1. The minimum Gasteiger partial charge on any atom is -0.424 e. The first kappa shape index (κ1) is 22.0. The van der Waals surface area contributed by atoms with Gasteiger partial charge in [0.2, 0.25) is 5.95 Å². The topological polar surface area (TPSA) is 114 Å². The van der Waals surface area contributed by atoms with Gasteiger partial charge in [-0.3, -0.25) is 0 Å². The molecule has 0 fully saturated rings. The summed E-state index contributed by atoms with van der Waals surface area (Å²) in [7, 11) is 1.83. The number of aromatic nitrogens is 5. The Balaban J connectivity index is 1.42. The molecule has 0 aliphatic carbocycles. The standard InChI is InChI=1S/C25H22N8O2/c1-17-22(32-35-31-17)16-33(2)24-27-23(28-25(29-24)34-20-12-4-3-5-13-20)30-26-15-19-11-8-10-18-9-6-7-14-21(18)19/h3-15H,16H2,1-2H3,(H,27,28,29,30). The lowest BCUT2D eigenvalue weighted by Gasteiger charge is -2.16. The van der Waals surface area contributed by atoms with Crippen molar-refractivity contribution in [1.82, 2.24) is 25.3 Å². The molecule has 174 valence electrons. The summed E-state index contributed by atoms with van der Waals surface area (Å²) in [4.78, 5) is 15.1. The van der Waals surface area contributed by atoms with Gasteiger partial charge >= 0.3 is 6.01 Å². The molecule has 35 heavy (non-hydrogen) atoms. The Labute approximate surface area is 201 Å². The van der Waals surface area contributed by atoms with Gasteiger partial charge in [-0.2, -0.15) is 20.1 Å². The Bertz CT molecular complexity index is 1460. The molecule has 0 aliphatic rings. The van der Waals surface area contributed by atoms with Crippen LogP contribution in [-0.2, 0) is 6.54 Å². The van der Waals surface area contributed by atoms with Crippen molar-refractivity contribution in [2.75, 3.05) is 17.4 Å². The molecule has 0 saturated heterocycles. The molecule has 0 amide bonds. The van der Waals surface area contributed by atoms with Gasteiger partial charge in [0.15, 0.2) is 0 Å². The molecule has 5 rings (SSSR count). The van der Waals surface area contributed by atoms with E-state index in [9.17, 15) is 0 Å². The molecule has 0 aliphatic heterocycles. The van der Waals surface area contributed by atoms with Gasteiger partial charge in [-0.1, -0.05) is 71.0 Å². The molecule has 0 radical (unpaired) electrons. The van der Waals surface area contributed by atoms with Crippen molar-refractivity contribution in [2.45, 2.75) is 13.5 Å². The zero-order valence-electron chi connectivity index (χ0n) is 19.2. The molecular weight excluding hydrogens is 444 g/mol. The van der Waals surface area contributed by atoms with E-state index >= 15 is 0 Å². The molecule has 5 aromatic rings. The van der Waals surface area contributed by atoms with Gasteiger partial charge in [0.25, 0.3) is 5.95 Å². The van der Waals surface area contributed by atoms with Gasteiger partial charge in [-0.05, 0) is 29.8 Å². The molecule has 1 N–H and O–H groups in total. The van der Waals surface area contributed by atoms with Gasteiger partial charge in [-0.15, -0.1) is 0 Å². The average Bonchev–Trinajstić information content (AvgIpc) is 3.28. The summed E-state index contributed by atoms with van der Waals surface area (Å²) in [6.45, 7) is 2.22. The van der Waals surface area contributed by atoms with Crippen LogP contribution in [0.25, 0.3) is 10.8 Å². The van der Waals surface area contributed by atoms with Gasteiger partial charge in [0.1, 0.15) is 17.1 Å². The third kappa shape index (κ3) is 5.22. The predicted molar refractivity (Wildman–Crippen MR) is 133 cm³/mol. The van der Waals surface area contributed by atoms with Crippen molar-refractivity contribution in [2.24, 2.45) is 5.10 Å². The lowest BCUT2D eigenvalue weighted by atomic mass is 10.1. The maximum Gasteiger partial charge on any atom is 0.328 e. The quantitative estimate of drug-likeness (QED) is 0.259. The summed E-state index contributed by atoms with van der Waals surface area (Å²) in [5.74, 6) is 1.21. The maximum absolute atomic E-state index is 5.86. The smallest absolute Gasteiger partial charge is 0.328 e. The van der Waals surface area contributed by atoms with Gasteiger partial charge in [0, 0.05) is 12.6 Å². The number of hydrazone groups is 1.